The first-order valence-electron chi connectivity index (χ1n) is 8.23. The second-order valence-corrected chi connectivity index (χ2v) is 6.66. The number of carboxylic acid groups (broad SMARTS) is 1. The molecule has 3 aromatic carbocycles. The number of carboxylic acids is 1. The highest BCUT2D eigenvalue weighted by Gasteiger charge is 2.15. The summed E-state index contributed by atoms with van der Waals surface area (Å²) in [5.74, 6) is -2.19. The molecule has 0 heterocycles. The van der Waals surface area contributed by atoms with Gasteiger partial charge in [0.2, 0.25) is 0 Å². The molecule has 0 aliphatic heterocycles. The molecule has 0 bridgehead atoms. The summed E-state index contributed by atoms with van der Waals surface area (Å²) in [5, 5.41) is 16.3. The van der Waals surface area contributed by atoms with Gasteiger partial charge in [0, 0.05) is 10.2 Å². The van der Waals surface area contributed by atoms with E-state index in [4.69, 9.17) is 0 Å². The van der Waals surface area contributed by atoms with Crippen LogP contribution < -0.4 is 15.7 Å². The summed E-state index contributed by atoms with van der Waals surface area (Å²) in [6, 6.07) is 19.2. The molecule has 0 aliphatic carbocycles. The number of carbonyl (C=O) groups is 3. The van der Waals surface area contributed by atoms with Crippen molar-refractivity contribution in [2.75, 3.05) is 10.6 Å². The second-order valence-electron chi connectivity index (χ2n) is 5.80. The third-order valence-electron chi connectivity index (χ3n) is 3.89. The van der Waals surface area contributed by atoms with Crippen LogP contribution in [0.4, 0.5) is 11.4 Å². The lowest BCUT2D eigenvalue weighted by Crippen LogP contribution is -2.22. The number of aromatic carboxylic acids is 1. The predicted octanol–water partition coefficient (Wildman–Crippen LogP) is 3.32. The minimum atomic E-state index is -1.34. The van der Waals surface area contributed by atoms with E-state index in [0.717, 1.165) is 0 Å². The summed E-state index contributed by atoms with van der Waals surface area (Å²) in [6.45, 7) is 0. The maximum atomic E-state index is 12.7. The van der Waals surface area contributed by atoms with E-state index in [2.05, 4.69) is 26.6 Å². The van der Waals surface area contributed by atoms with E-state index in [1.165, 1.54) is 18.2 Å². The summed E-state index contributed by atoms with van der Waals surface area (Å²) in [7, 11) is 0. The summed E-state index contributed by atoms with van der Waals surface area (Å²) < 4.78 is 0.633. The van der Waals surface area contributed by atoms with Crippen molar-refractivity contribution in [2.24, 2.45) is 0 Å². The maximum Gasteiger partial charge on any atom is 0.257 e. The molecule has 140 valence electrons. The average Bonchev–Trinajstić information content (AvgIpc) is 2.68. The Morgan fingerprint density at radius 1 is 0.750 bits per heavy atom. The Labute approximate surface area is 169 Å². The lowest BCUT2D eigenvalue weighted by atomic mass is 10.1. The zero-order chi connectivity index (χ0) is 20.1. The molecule has 0 fully saturated rings. The molecule has 0 saturated carbocycles. The van der Waals surface area contributed by atoms with Crippen LogP contribution in [0.5, 0.6) is 0 Å². The number of nitrogens with one attached hydrogen (secondary N) is 2. The fourth-order valence-corrected chi connectivity index (χ4v) is 3.01. The highest BCUT2D eigenvalue weighted by molar-refractivity contribution is 9.10. The number of hydrogen-bond donors (Lipinski definition) is 2. The molecule has 2 N–H and O–H groups in total. The van der Waals surface area contributed by atoms with E-state index in [-0.39, 0.29) is 17.0 Å². The first kappa shape index (κ1) is 19.3. The lowest BCUT2D eigenvalue weighted by molar-refractivity contribution is -0.255. The van der Waals surface area contributed by atoms with Gasteiger partial charge in [-0.15, -0.1) is 0 Å². The molecule has 3 rings (SSSR count). The van der Waals surface area contributed by atoms with Gasteiger partial charge < -0.3 is 20.5 Å². The fraction of sp³-hybridized carbons (Fsp3) is 0. The van der Waals surface area contributed by atoms with Gasteiger partial charge >= 0.3 is 0 Å². The standard InChI is InChI=1S/C21H15BrN2O4/c22-17-10-3-1-8-15(17)19(25)24-18-11-4-2-9-16(18)20(26)23-14-7-5-6-13(12-14)21(27)28/h1-12H,(H,23,26)(H,24,25)(H,27,28)/p-1. The monoisotopic (exact) mass is 437 g/mol. The van der Waals surface area contributed by atoms with Crippen LogP contribution in [-0.2, 0) is 0 Å². The van der Waals surface area contributed by atoms with Gasteiger partial charge in [-0.1, -0.05) is 36.4 Å². The molecule has 0 spiro atoms. The van der Waals surface area contributed by atoms with Gasteiger partial charge in [0.1, 0.15) is 0 Å². The average molecular weight is 438 g/mol. The van der Waals surface area contributed by atoms with Crippen molar-refractivity contribution in [3.63, 3.8) is 0 Å². The van der Waals surface area contributed by atoms with Crippen LogP contribution in [0.25, 0.3) is 0 Å². The van der Waals surface area contributed by atoms with Crippen LogP contribution in [0.1, 0.15) is 31.1 Å². The highest BCUT2D eigenvalue weighted by atomic mass is 79.9. The molecule has 0 atom stereocenters. The normalized spacial score (nSPS) is 10.2. The summed E-state index contributed by atoms with van der Waals surface area (Å²) >= 11 is 3.33. The number of carbonyl (C=O) groups excluding carboxylic acids is 3. The quantitative estimate of drug-likeness (QED) is 0.639. The molecule has 7 heteroatoms. The number of anilines is 2. The van der Waals surface area contributed by atoms with Gasteiger partial charge in [-0.3, -0.25) is 9.59 Å². The van der Waals surface area contributed by atoms with Crippen LogP contribution in [0.2, 0.25) is 0 Å². The number of para-hydroxylation sites is 1. The lowest BCUT2D eigenvalue weighted by Gasteiger charge is -2.13. The molecule has 0 saturated heterocycles. The van der Waals surface area contributed by atoms with Gasteiger partial charge in [-0.25, -0.2) is 0 Å². The van der Waals surface area contributed by atoms with Crippen molar-refractivity contribution in [1.29, 1.82) is 0 Å². The van der Waals surface area contributed by atoms with Gasteiger partial charge in [-0.2, -0.15) is 0 Å². The molecule has 0 aliphatic rings. The van der Waals surface area contributed by atoms with Crippen LogP contribution in [0.15, 0.2) is 77.3 Å². The Balaban J connectivity index is 1.83. The second kappa shape index (κ2) is 8.49. The van der Waals surface area contributed by atoms with Gasteiger partial charge in [0.05, 0.1) is 22.8 Å². The minimum absolute atomic E-state index is 0.0479. The van der Waals surface area contributed by atoms with E-state index in [9.17, 15) is 19.5 Å². The van der Waals surface area contributed by atoms with E-state index in [0.29, 0.717) is 21.4 Å². The van der Waals surface area contributed by atoms with Gasteiger partial charge in [0.25, 0.3) is 11.8 Å². The van der Waals surface area contributed by atoms with Crippen molar-refractivity contribution in [3.8, 4) is 0 Å². The predicted molar refractivity (Wildman–Crippen MR) is 107 cm³/mol. The first-order valence-corrected chi connectivity index (χ1v) is 9.02. The van der Waals surface area contributed by atoms with Gasteiger partial charge in [0.15, 0.2) is 0 Å². The molecular formula is C21H14BrN2O4-. The smallest absolute Gasteiger partial charge is 0.257 e. The summed E-state index contributed by atoms with van der Waals surface area (Å²) in [5.41, 5.74) is 1.25. The Morgan fingerprint density at radius 3 is 2.11 bits per heavy atom. The highest BCUT2D eigenvalue weighted by Crippen LogP contribution is 2.21. The third kappa shape index (κ3) is 4.44. The molecule has 2 amide bonds. The molecular weight excluding hydrogens is 424 g/mol. The van der Waals surface area contributed by atoms with Crippen molar-refractivity contribution in [2.45, 2.75) is 0 Å². The molecule has 0 aromatic heterocycles. The van der Waals surface area contributed by atoms with Crippen molar-refractivity contribution < 1.29 is 19.5 Å². The zero-order valence-electron chi connectivity index (χ0n) is 14.4. The maximum absolute atomic E-state index is 12.7. The van der Waals surface area contributed by atoms with E-state index < -0.39 is 11.9 Å². The molecule has 28 heavy (non-hydrogen) atoms. The zero-order valence-corrected chi connectivity index (χ0v) is 16.0. The Hall–Kier alpha value is -3.45. The fourth-order valence-electron chi connectivity index (χ4n) is 2.55. The Bertz CT molecular complexity index is 1070. The molecule has 0 radical (unpaired) electrons. The minimum Gasteiger partial charge on any atom is -0.545 e. The van der Waals surface area contributed by atoms with Crippen LogP contribution >= 0.6 is 15.9 Å². The van der Waals surface area contributed by atoms with Gasteiger partial charge in [-0.05, 0) is 57.9 Å². The van der Waals surface area contributed by atoms with Crippen molar-refractivity contribution >= 4 is 45.1 Å². The van der Waals surface area contributed by atoms with Crippen LogP contribution in [0.3, 0.4) is 0 Å². The number of hydrogen-bond acceptors (Lipinski definition) is 4. The third-order valence-corrected chi connectivity index (χ3v) is 4.59. The van der Waals surface area contributed by atoms with E-state index in [1.54, 1.807) is 54.6 Å². The molecule has 3 aromatic rings. The van der Waals surface area contributed by atoms with Crippen LogP contribution in [0, 0.1) is 0 Å². The molecule has 0 unspecified atom stereocenters. The number of amides is 2. The topological polar surface area (TPSA) is 98.3 Å². The number of halogens is 1. The first-order chi connectivity index (χ1) is 13.5. The van der Waals surface area contributed by atoms with Crippen molar-refractivity contribution in [3.05, 3.63) is 94.0 Å². The van der Waals surface area contributed by atoms with Crippen LogP contribution in [-0.4, -0.2) is 17.8 Å². The Kier molecular flexibility index (Phi) is 5.86. The van der Waals surface area contributed by atoms with E-state index >= 15 is 0 Å². The SMILES string of the molecule is O=C([O-])c1cccc(NC(=O)c2ccccc2NC(=O)c2ccccc2Br)c1. The number of rotatable bonds is 5. The largest absolute Gasteiger partial charge is 0.545 e. The molecule has 6 nitrogen and oxygen atoms in total. The summed E-state index contributed by atoms with van der Waals surface area (Å²) in [6.07, 6.45) is 0. The Morgan fingerprint density at radius 2 is 1.39 bits per heavy atom. The van der Waals surface area contributed by atoms with E-state index in [1.807, 2.05) is 0 Å². The number of benzene rings is 3. The van der Waals surface area contributed by atoms with Crippen molar-refractivity contribution in [1.82, 2.24) is 0 Å². The summed E-state index contributed by atoms with van der Waals surface area (Å²) in [4.78, 5) is 36.2.